The molecule has 37 heavy (non-hydrogen) atoms. The summed E-state index contributed by atoms with van der Waals surface area (Å²) in [6.45, 7) is 14.3. The molecule has 2 atom stereocenters. The molecule has 0 heterocycles. The first kappa shape index (κ1) is 32.8. The van der Waals surface area contributed by atoms with Crippen LogP contribution in [0.3, 0.4) is 0 Å². The number of ether oxygens (including phenoxy) is 7. The fraction of sp³-hybridized carbons (Fsp3) is 0.846. The minimum Gasteiger partial charge on any atom is -0.469 e. The van der Waals surface area contributed by atoms with Crippen molar-refractivity contribution in [3.8, 4) is 0 Å². The van der Waals surface area contributed by atoms with Gasteiger partial charge in [-0.25, -0.2) is 14.4 Å². The molecular formula is C26H44O11. The van der Waals surface area contributed by atoms with Gasteiger partial charge in [0.2, 0.25) is 0 Å². The van der Waals surface area contributed by atoms with Gasteiger partial charge in [-0.15, -0.1) is 0 Å². The van der Waals surface area contributed by atoms with E-state index in [2.05, 4.69) is 0 Å². The van der Waals surface area contributed by atoms with Crippen molar-refractivity contribution in [3.63, 3.8) is 0 Å². The average Bonchev–Trinajstić information content (AvgIpc) is 2.70. The highest BCUT2D eigenvalue weighted by molar-refractivity contribution is 5.73. The molecule has 0 aromatic heterocycles. The standard InChI is InChI=1S/C26H44O11/c1-24(2,3)35-19(27)13-32-17-11-16(23(30)31-10)12-18(33-14-20(28)36-25(4,5)6)22(17)34-15-21(29)37-26(7,8)9/h16-18,22H,11-15H2,1-10H3/t16?,17-,18-,22?/m1/s1. The van der Waals surface area contributed by atoms with Gasteiger partial charge in [-0.1, -0.05) is 0 Å². The molecule has 214 valence electrons. The van der Waals surface area contributed by atoms with Gasteiger partial charge in [0.1, 0.15) is 42.7 Å². The Morgan fingerprint density at radius 1 is 0.595 bits per heavy atom. The highest BCUT2D eigenvalue weighted by Gasteiger charge is 2.44. The van der Waals surface area contributed by atoms with Crippen molar-refractivity contribution in [2.75, 3.05) is 26.9 Å². The van der Waals surface area contributed by atoms with E-state index in [4.69, 9.17) is 33.2 Å². The van der Waals surface area contributed by atoms with E-state index >= 15 is 0 Å². The van der Waals surface area contributed by atoms with Crippen LogP contribution in [0.5, 0.6) is 0 Å². The fourth-order valence-corrected chi connectivity index (χ4v) is 3.69. The number of carbonyl (C=O) groups excluding carboxylic acids is 4. The first-order chi connectivity index (χ1) is 16.8. The van der Waals surface area contributed by atoms with Gasteiger partial charge in [-0.05, 0) is 75.2 Å². The summed E-state index contributed by atoms with van der Waals surface area (Å²) in [5.74, 6) is -2.98. The number of rotatable bonds is 10. The van der Waals surface area contributed by atoms with Gasteiger partial charge in [-0.3, -0.25) is 4.79 Å². The molecule has 0 spiro atoms. The van der Waals surface area contributed by atoms with E-state index in [-0.39, 0.29) is 12.8 Å². The summed E-state index contributed by atoms with van der Waals surface area (Å²) in [6.07, 6.45) is -2.33. The maximum Gasteiger partial charge on any atom is 0.332 e. The fourth-order valence-electron chi connectivity index (χ4n) is 3.69. The van der Waals surface area contributed by atoms with Crippen LogP contribution in [0.4, 0.5) is 0 Å². The Morgan fingerprint density at radius 3 is 1.22 bits per heavy atom. The zero-order chi connectivity index (χ0) is 28.6. The molecule has 1 aliphatic rings. The number of methoxy groups -OCH3 is 1. The van der Waals surface area contributed by atoms with Crippen molar-refractivity contribution in [2.24, 2.45) is 5.92 Å². The van der Waals surface area contributed by atoms with Crippen molar-refractivity contribution >= 4 is 23.9 Å². The largest absolute Gasteiger partial charge is 0.469 e. The van der Waals surface area contributed by atoms with Crippen LogP contribution in [0, 0.1) is 5.92 Å². The molecule has 1 aliphatic carbocycles. The maximum atomic E-state index is 12.4. The van der Waals surface area contributed by atoms with Crippen molar-refractivity contribution in [1.29, 1.82) is 0 Å². The molecule has 0 N–H and O–H groups in total. The Morgan fingerprint density at radius 2 is 0.919 bits per heavy atom. The lowest BCUT2D eigenvalue weighted by molar-refractivity contribution is -0.200. The monoisotopic (exact) mass is 532 g/mol. The van der Waals surface area contributed by atoms with Crippen LogP contribution in [0.25, 0.3) is 0 Å². The molecule has 11 nitrogen and oxygen atoms in total. The van der Waals surface area contributed by atoms with Crippen LogP contribution in [-0.4, -0.2) is 85.9 Å². The van der Waals surface area contributed by atoms with Crippen LogP contribution >= 0.6 is 0 Å². The lowest BCUT2D eigenvalue weighted by Crippen LogP contribution is -2.52. The second-order valence-corrected chi connectivity index (χ2v) is 11.9. The van der Waals surface area contributed by atoms with Crippen LogP contribution in [-0.2, 0) is 52.3 Å². The van der Waals surface area contributed by atoms with Gasteiger partial charge < -0.3 is 33.2 Å². The Kier molecular flexibility index (Phi) is 12.0. The molecule has 0 aliphatic heterocycles. The van der Waals surface area contributed by atoms with Gasteiger partial charge in [0.05, 0.1) is 25.2 Å². The Balaban J connectivity index is 3.11. The van der Waals surface area contributed by atoms with Gasteiger partial charge in [0.25, 0.3) is 0 Å². The molecule has 0 aromatic carbocycles. The van der Waals surface area contributed by atoms with Crippen LogP contribution in [0.1, 0.15) is 75.2 Å². The van der Waals surface area contributed by atoms with E-state index in [0.29, 0.717) is 0 Å². The van der Waals surface area contributed by atoms with Crippen molar-refractivity contribution in [1.82, 2.24) is 0 Å². The Labute approximate surface area is 219 Å². The number of carbonyl (C=O) groups is 4. The molecule has 0 radical (unpaired) electrons. The molecule has 1 rings (SSSR count). The zero-order valence-corrected chi connectivity index (χ0v) is 23.8. The van der Waals surface area contributed by atoms with Crippen molar-refractivity contribution in [2.45, 2.75) is 110 Å². The second-order valence-electron chi connectivity index (χ2n) is 11.9. The first-order valence-electron chi connectivity index (χ1n) is 12.4. The number of hydrogen-bond donors (Lipinski definition) is 0. The van der Waals surface area contributed by atoms with Crippen molar-refractivity contribution < 1.29 is 52.3 Å². The van der Waals surface area contributed by atoms with E-state index in [1.54, 1.807) is 62.3 Å². The molecular weight excluding hydrogens is 488 g/mol. The summed E-state index contributed by atoms with van der Waals surface area (Å²) in [5, 5.41) is 0. The topological polar surface area (TPSA) is 133 Å². The predicted octanol–water partition coefficient (Wildman–Crippen LogP) is 2.75. The highest BCUT2D eigenvalue weighted by Crippen LogP contribution is 2.32. The molecule has 0 aromatic rings. The molecule has 1 fully saturated rings. The Hall–Kier alpha value is -2.24. The number of hydrogen-bond acceptors (Lipinski definition) is 11. The maximum absolute atomic E-state index is 12.4. The third kappa shape index (κ3) is 13.8. The summed E-state index contributed by atoms with van der Waals surface area (Å²) < 4.78 is 38.3. The van der Waals surface area contributed by atoms with E-state index < -0.39 is 84.7 Å². The summed E-state index contributed by atoms with van der Waals surface area (Å²) in [7, 11) is 1.26. The van der Waals surface area contributed by atoms with Crippen LogP contribution < -0.4 is 0 Å². The SMILES string of the molecule is COC(=O)C1C[C@@H](OCC(=O)OC(C)(C)C)C(OCC(=O)OC(C)(C)C)[C@H](OCC(=O)OC(C)(C)C)C1. The van der Waals surface area contributed by atoms with Gasteiger partial charge >= 0.3 is 23.9 Å². The number of esters is 4. The van der Waals surface area contributed by atoms with Crippen molar-refractivity contribution in [3.05, 3.63) is 0 Å². The van der Waals surface area contributed by atoms with E-state index in [1.165, 1.54) is 7.11 Å². The zero-order valence-electron chi connectivity index (χ0n) is 23.8. The normalized spacial score (nSPS) is 22.6. The molecule has 0 amide bonds. The summed E-state index contributed by atoms with van der Waals surface area (Å²) in [4.78, 5) is 49.3. The van der Waals surface area contributed by atoms with E-state index in [1.807, 2.05) is 0 Å². The van der Waals surface area contributed by atoms with Gasteiger partial charge in [0.15, 0.2) is 0 Å². The van der Waals surface area contributed by atoms with Crippen LogP contribution in [0.2, 0.25) is 0 Å². The molecule has 0 saturated heterocycles. The lowest BCUT2D eigenvalue weighted by atomic mass is 9.83. The van der Waals surface area contributed by atoms with E-state index in [9.17, 15) is 19.2 Å². The summed E-state index contributed by atoms with van der Waals surface area (Å²) in [6, 6.07) is 0. The van der Waals surface area contributed by atoms with Gasteiger partial charge in [0, 0.05) is 0 Å². The third-order valence-corrected chi connectivity index (χ3v) is 4.79. The van der Waals surface area contributed by atoms with E-state index in [0.717, 1.165) is 0 Å². The highest BCUT2D eigenvalue weighted by atomic mass is 16.6. The average molecular weight is 533 g/mol. The quantitative estimate of drug-likeness (QED) is 0.304. The lowest BCUT2D eigenvalue weighted by Gasteiger charge is -2.40. The summed E-state index contributed by atoms with van der Waals surface area (Å²) >= 11 is 0. The summed E-state index contributed by atoms with van der Waals surface area (Å²) in [5.41, 5.74) is -2.15. The van der Waals surface area contributed by atoms with Crippen LogP contribution in [0.15, 0.2) is 0 Å². The smallest absolute Gasteiger partial charge is 0.332 e. The second kappa shape index (κ2) is 13.5. The minimum atomic E-state index is -0.904. The molecule has 0 unspecified atom stereocenters. The predicted molar refractivity (Wildman–Crippen MR) is 131 cm³/mol. The Bertz CT molecular complexity index is 744. The first-order valence-corrected chi connectivity index (χ1v) is 12.4. The molecule has 1 saturated carbocycles. The molecule has 0 bridgehead atoms. The molecule has 11 heteroatoms. The third-order valence-electron chi connectivity index (χ3n) is 4.79. The van der Waals surface area contributed by atoms with Gasteiger partial charge in [-0.2, -0.15) is 0 Å². The minimum absolute atomic E-state index is 0.140.